The van der Waals surface area contributed by atoms with E-state index in [9.17, 15) is 14.4 Å². The first-order valence-corrected chi connectivity index (χ1v) is 14.4. The summed E-state index contributed by atoms with van der Waals surface area (Å²) in [5, 5.41) is 1.82. The summed E-state index contributed by atoms with van der Waals surface area (Å²) >= 11 is 0. The predicted molar refractivity (Wildman–Crippen MR) is 162 cm³/mol. The van der Waals surface area contributed by atoms with E-state index in [1.807, 2.05) is 58.2 Å². The smallest absolute Gasteiger partial charge is 0.410 e. The van der Waals surface area contributed by atoms with Crippen LogP contribution < -0.4 is 14.5 Å². The summed E-state index contributed by atoms with van der Waals surface area (Å²) in [6.07, 6.45) is 5.13. The van der Waals surface area contributed by atoms with Crippen LogP contribution in [0.25, 0.3) is 10.8 Å². The third kappa shape index (κ3) is 6.27. The predicted octanol–water partition coefficient (Wildman–Crippen LogP) is 5.44. The van der Waals surface area contributed by atoms with Crippen LogP contribution in [-0.2, 0) is 16.1 Å². The molecule has 0 atom stereocenters. The van der Waals surface area contributed by atoms with Gasteiger partial charge in [0, 0.05) is 61.8 Å². The van der Waals surface area contributed by atoms with E-state index in [0.717, 1.165) is 53.7 Å². The lowest BCUT2D eigenvalue weighted by atomic mass is 10.0. The molecule has 0 aliphatic carbocycles. The number of imide groups is 1. The summed E-state index contributed by atoms with van der Waals surface area (Å²) < 4.78 is 10.8. The van der Waals surface area contributed by atoms with Crippen LogP contribution >= 0.6 is 0 Å². The van der Waals surface area contributed by atoms with Crippen molar-refractivity contribution in [3.63, 3.8) is 0 Å². The minimum absolute atomic E-state index is 0.124. The van der Waals surface area contributed by atoms with Gasteiger partial charge in [-0.2, -0.15) is 0 Å². The number of piperidine rings is 1. The zero-order valence-corrected chi connectivity index (χ0v) is 25.0. The van der Waals surface area contributed by atoms with E-state index in [4.69, 9.17) is 9.47 Å². The van der Waals surface area contributed by atoms with Gasteiger partial charge >= 0.3 is 12.1 Å². The molecule has 2 aliphatic rings. The third-order valence-corrected chi connectivity index (χ3v) is 7.88. The fraction of sp³-hybridized carbons (Fsp3) is 0.438. The van der Waals surface area contributed by atoms with Gasteiger partial charge in [0.25, 0.3) is 0 Å². The average Bonchev–Trinajstić information content (AvgIpc) is 2.98. The maximum atomic E-state index is 13.6. The van der Waals surface area contributed by atoms with Crippen LogP contribution in [0.15, 0.2) is 54.9 Å². The summed E-state index contributed by atoms with van der Waals surface area (Å²) in [4.78, 5) is 50.3. The van der Waals surface area contributed by atoms with Crippen molar-refractivity contribution in [1.29, 1.82) is 0 Å². The van der Waals surface area contributed by atoms with Crippen molar-refractivity contribution >= 4 is 40.2 Å². The molecule has 0 N–H and O–H groups in total. The Morgan fingerprint density at radius 2 is 1.74 bits per heavy atom. The molecule has 0 bridgehead atoms. The number of nitrogens with zero attached hydrogens (tertiary/aromatic N) is 5. The third-order valence-electron chi connectivity index (χ3n) is 7.88. The number of methoxy groups -OCH3 is 1. The molecule has 2 aromatic carbocycles. The molecule has 2 fully saturated rings. The molecule has 4 amide bonds. The van der Waals surface area contributed by atoms with Crippen molar-refractivity contribution in [3.05, 3.63) is 60.4 Å². The highest BCUT2D eigenvalue weighted by molar-refractivity contribution is 6.10. The van der Waals surface area contributed by atoms with Crippen molar-refractivity contribution in [2.75, 3.05) is 43.6 Å². The summed E-state index contributed by atoms with van der Waals surface area (Å²) in [6.45, 7) is 7.74. The van der Waals surface area contributed by atoms with Crippen LogP contribution in [0.4, 0.5) is 21.0 Å². The van der Waals surface area contributed by atoms with Gasteiger partial charge in [0.1, 0.15) is 11.4 Å². The SMILES string of the molecule is COc1ccc(CN2C(=O)CCN(c3cncc4cc(N5CCC(N(C)C(=O)OC(C)(C)C)CC5)ccc34)C2=O)cc1. The van der Waals surface area contributed by atoms with Gasteiger partial charge in [-0.3, -0.25) is 19.6 Å². The fourth-order valence-corrected chi connectivity index (χ4v) is 5.54. The number of hydrogen-bond acceptors (Lipinski definition) is 7. The molecule has 5 rings (SSSR count). The van der Waals surface area contributed by atoms with Gasteiger partial charge in [0.15, 0.2) is 0 Å². The highest BCUT2D eigenvalue weighted by Crippen LogP contribution is 2.33. The van der Waals surface area contributed by atoms with Crippen molar-refractivity contribution < 1.29 is 23.9 Å². The Balaban J connectivity index is 1.29. The molecule has 2 aliphatic heterocycles. The molecule has 3 aromatic rings. The van der Waals surface area contributed by atoms with Gasteiger partial charge in [0.05, 0.1) is 25.5 Å². The molecule has 2 saturated heterocycles. The Morgan fingerprint density at radius 1 is 1.02 bits per heavy atom. The minimum atomic E-state index is -0.521. The van der Waals surface area contributed by atoms with Crippen LogP contribution in [-0.4, -0.2) is 78.2 Å². The largest absolute Gasteiger partial charge is 0.497 e. The Bertz CT molecular complexity index is 1460. The standard InChI is InChI=1S/C32H39N5O5/c1-32(2,3)42-31(40)34(4)24-12-15-35(16-13-24)25-8-11-27-23(18-25)19-33-20-28(27)36-17-14-29(38)37(30(36)39)21-22-6-9-26(41-5)10-7-22/h6-11,18-20,24H,12-17,21H2,1-5H3. The van der Waals surface area contributed by atoms with Gasteiger partial charge in [-0.1, -0.05) is 18.2 Å². The number of amides is 4. The molecule has 3 heterocycles. The molecule has 0 unspecified atom stereocenters. The van der Waals surface area contributed by atoms with Gasteiger partial charge in [-0.25, -0.2) is 9.59 Å². The normalized spacial score (nSPS) is 16.6. The maximum absolute atomic E-state index is 13.6. The number of benzene rings is 2. The first-order valence-electron chi connectivity index (χ1n) is 14.4. The Kier molecular flexibility index (Phi) is 8.24. The lowest BCUT2D eigenvalue weighted by Crippen LogP contribution is -2.52. The average molecular weight is 574 g/mol. The van der Waals surface area contributed by atoms with E-state index in [1.54, 1.807) is 29.3 Å². The number of aromatic nitrogens is 1. The number of anilines is 2. The number of ether oxygens (including phenoxy) is 2. The molecule has 0 saturated carbocycles. The van der Waals surface area contributed by atoms with Crippen LogP contribution in [0.5, 0.6) is 5.75 Å². The van der Waals surface area contributed by atoms with E-state index in [-0.39, 0.29) is 37.0 Å². The zero-order chi connectivity index (χ0) is 30.0. The van der Waals surface area contributed by atoms with Crippen LogP contribution in [0.2, 0.25) is 0 Å². The lowest BCUT2D eigenvalue weighted by molar-refractivity contribution is -0.129. The van der Waals surface area contributed by atoms with Crippen molar-refractivity contribution in [2.24, 2.45) is 0 Å². The first-order chi connectivity index (χ1) is 20.0. The lowest BCUT2D eigenvalue weighted by Gasteiger charge is -2.38. The molecule has 222 valence electrons. The van der Waals surface area contributed by atoms with Gasteiger partial charge in [0.2, 0.25) is 5.91 Å². The van der Waals surface area contributed by atoms with Crippen LogP contribution in [0.3, 0.4) is 0 Å². The monoisotopic (exact) mass is 573 g/mol. The summed E-state index contributed by atoms with van der Waals surface area (Å²) in [7, 11) is 3.41. The second kappa shape index (κ2) is 11.9. The Morgan fingerprint density at radius 3 is 2.40 bits per heavy atom. The molecule has 10 heteroatoms. The number of fused-ring (bicyclic) bond motifs is 1. The van der Waals surface area contributed by atoms with Crippen molar-refractivity contribution in [3.8, 4) is 5.75 Å². The molecule has 0 spiro atoms. The number of rotatable bonds is 6. The number of urea groups is 1. The number of hydrogen-bond donors (Lipinski definition) is 0. The van der Waals surface area contributed by atoms with Crippen LogP contribution in [0, 0.1) is 0 Å². The maximum Gasteiger partial charge on any atom is 0.410 e. The summed E-state index contributed by atoms with van der Waals surface area (Å²) in [5.41, 5.74) is 2.09. The highest BCUT2D eigenvalue weighted by Gasteiger charge is 2.34. The number of carbonyl (C=O) groups excluding carboxylic acids is 3. The molecule has 10 nitrogen and oxygen atoms in total. The zero-order valence-electron chi connectivity index (χ0n) is 25.0. The first kappa shape index (κ1) is 29.2. The van der Waals surface area contributed by atoms with E-state index in [0.29, 0.717) is 12.2 Å². The van der Waals surface area contributed by atoms with Crippen molar-refractivity contribution in [2.45, 2.75) is 58.2 Å². The molecular weight excluding hydrogens is 534 g/mol. The fourth-order valence-electron chi connectivity index (χ4n) is 5.54. The molecule has 1 aromatic heterocycles. The van der Waals surface area contributed by atoms with Gasteiger partial charge in [-0.15, -0.1) is 0 Å². The van der Waals surface area contributed by atoms with Crippen LogP contribution in [0.1, 0.15) is 45.6 Å². The van der Waals surface area contributed by atoms with E-state index in [2.05, 4.69) is 22.0 Å². The van der Waals surface area contributed by atoms with E-state index < -0.39 is 5.60 Å². The van der Waals surface area contributed by atoms with E-state index in [1.165, 1.54) is 4.90 Å². The van der Waals surface area contributed by atoms with E-state index >= 15 is 0 Å². The highest BCUT2D eigenvalue weighted by atomic mass is 16.6. The number of carbonyl (C=O) groups is 3. The molecular formula is C32H39N5O5. The number of pyridine rings is 1. The van der Waals surface area contributed by atoms with Crippen molar-refractivity contribution in [1.82, 2.24) is 14.8 Å². The minimum Gasteiger partial charge on any atom is -0.497 e. The molecule has 0 radical (unpaired) electrons. The van der Waals surface area contributed by atoms with Gasteiger partial charge < -0.3 is 19.3 Å². The van der Waals surface area contributed by atoms with Gasteiger partial charge in [-0.05, 0) is 63.4 Å². The topological polar surface area (TPSA) is 95.5 Å². The summed E-state index contributed by atoms with van der Waals surface area (Å²) in [6, 6.07) is 13.3. The second-order valence-corrected chi connectivity index (χ2v) is 11.9. The quantitative estimate of drug-likeness (QED) is 0.388. The second-order valence-electron chi connectivity index (χ2n) is 11.9. The summed E-state index contributed by atoms with van der Waals surface area (Å²) in [5.74, 6) is 0.527. The Labute approximate surface area is 246 Å². The molecule has 42 heavy (non-hydrogen) atoms. The Hall–Kier alpha value is -4.34.